The monoisotopic (exact) mass is 493 g/mol. The van der Waals surface area contributed by atoms with Crippen LogP contribution in [0.3, 0.4) is 0 Å². The van der Waals surface area contributed by atoms with Crippen LogP contribution in [0.1, 0.15) is 29.8 Å². The van der Waals surface area contributed by atoms with E-state index >= 15 is 0 Å². The third-order valence-electron chi connectivity index (χ3n) is 5.65. The summed E-state index contributed by atoms with van der Waals surface area (Å²) in [6.45, 7) is 1.66. The van der Waals surface area contributed by atoms with Crippen molar-refractivity contribution >= 4 is 40.3 Å². The summed E-state index contributed by atoms with van der Waals surface area (Å²) >= 11 is 6.32. The molecule has 9 nitrogen and oxygen atoms in total. The Morgan fingerprint density at radius 2 is 2.09 bits per heavy atom. The third-order valence-corrected chi connectivity index (χ3v) is 5.96. The predicted octanol–water partition coefficient (Wildman–Crippen LogP) is 5.03. The van der Waals surface area contributed by atoms with Gasteiger partial charge in [-0.1, -0.05) is 11.6 Å². The molecule has 0 radical (unpaired) electrons. The second-order valence-electron chi connectivity index (χ2n) is 8.19. The van der Waals surface area contributed by atoms with Crippen molar-refractivity contribution in [2.24, 2.45) is 5.73 Å². The number of hydrogen-bond acceptors (Lipinski definition) is 8. The molecule has 2 aromatic carbocycles. The number of benzene rings is 2. The van der Waals surface area contributed by atoms with Crippen LogP contribution in [0.15, 0.2) is 59.1 Å². The van der Waals surface area contributed by atoms with Crippen LogP contribution in [0.2, 0.25) is 5.02 Å². The number of rotatable bonds is 9. The van der Waals surface area contributed by atoms with Crippen molar-refractivity contribution in [3.8, 4) is 17.2 Å². The molecule has 35 heavy (non-hydrogen) atoms. The predicted molar refractivity (Wildman–Crippen MR) is 133 cm³/mol. The second kappa shape index (κ2) is 10.2. The van der Waals surface area contributed by atoms with Crippen molar-refractivity contribution in [2.75, 3.05) is 18.5 Å². The third kappa shape index (κ3) is 5.64. The van der Waals surface area contributed by atoms with Gasteiger partial charge in [-0.3, -0.25) is 9.78 Å². The van der Waals surface area contributed by atoms with Crippen molar-refractivity contribution in [3.05, 3.63) is 65.4 Å². The zero-order chi connectivity index (χ0) is 24.2. The van der Waals surface area contributed by atoms with Gasteiger partial charge in [-0.25, -0.2) is 0 Å². The number of carbonyl (C=O) groups is 1. The van der Waals surface area contributed by atoms with E-state index < -0.39 is 5.91 Å². The van der Waals surface area contributed by atoms with Gasteiger partial charge < -0.3 is 30.3 Å². The summed E-state index contributed by atoms with van der Waals surface area (Å²) in [6, 6.07) is 14.6. The fourth-order valence-electron chi connectivity index (χ4n) is 3.90. The summed E-state index contributed by atoms with van der Waals surface area (Å²) in [5, 5.41) is 7.16. The van der Waals surface area contributed by atoms with Crippen LogP contribution in [0, 0.1) is 0 Å². The number of carbonyl (C=O) groups excluding carboxylic acids is 1. The number of hydrogen-bond donors (Lipinski definition) is 3. The Balaban J connectivity index is 1.26. The number of amides is 1. The van der Waals surface area contributed by atoms with E-state index in [1.807, 2.05) is 12.1 Å². The maximum Gasteiger partial charge on any atom is 0.300 e. The summed E-state index contributed by atoms with van der Waals surface area (Å²) in [6.07, 6.45) is 4.79. The number of oxazole rings is 1. The van der Waals surface area contributed by atoms with Gasteiger partial charge in [0.2, 0.25) is 0 Å². The van der Waals surface area contributed by atoms with Gasteiger partial charge >= 0.3 is 0 Å². The van der Waals surface area contributed by atoms with E-state index in [-0.39, 0.29) is 5.69 Å². The van der Waals surface area contributed by atoms with E-state index in [4.69, 9.17) is 31.2 Å². The molecule has 180 valence electrons. The number of anilines is 2. The minimum Gasteiger partial charge on any atom is -0.492 e. The van der Waals surface area contributed by atoms with Crippen molar-refractivity contribution in [1.82, 2.24) is 15.3 Å². The zero-order valence-electron chi connectivity index (χ0n) is 18.8. The number of aromatic nitrogens is 2. The number of nitrogens with two attached hydrogens (primary N) is 1. The highest BCUT2D eigenvalue weighted by Gasteiger charge is 2.15. The quantitative estimate of drug-likeness (QED) is 0.296. The summed E-state index contributed by atoms with van der Waals surface area (Å²) in [4.78, 5) is 19.7. The van der Waals surface area contributed by atoms with Gasteiger partial charge in [0, 0.05) is 36.1 Å². The molecule has 1 saturated heterocycles. The summed E-state index contributed by atoms with van der Waals surface area (Å²) in [5.41, 5.74) is 7.33. The standard InChI is InChI=1S/C25H24ClN5O4/c26-19-5-3-16(12-23(19)33-11-8-15-2-1-9-28-15)30-25-31-20-13-17(4-6-22(20)35-25)34-18-7-10-29-21(14-18)24(27)32/h3-7,10,12-15,28H,1-2,8-9,11H2,(H2,27,32)(H,30,31). The van der Waals surface area contributed by atoms with E-state index in [1.165, 1.54) is 25.1 Å². The first-order valence-electron chi connectivity index (χ1n) is 11.3. The molecule has 4 aromatic rings. The Bertz CT molecular complexity index is 1350. The number of primary amides is 1. The molecule has 3 heterocycles. The lowest BCUT2D eigenvalue weighted by molar-refractivity contribution is 0.0995. The lowest BCUT2D eigenvalue weighted by Gasteiger charge is -2.13. The first-order valence-corrected chi connectivity index (χ1v) is 11.7. The minimum atomic E-state index is -0.625. The number of nitrogens with one attached hydrogen (secondary N) is 2. The highest BCUT2D eigenvalue weighted by atomic mass is 35.5. The molecule has 10 heteroatoms. The molecule has 0 bridgehead atoms. The molecule has 1 amide bonds. The van der Waals surface area contributed by atoms with Crippen LogP contribution in [0.25, 0.3) is 11.1 Å². The van der Waals surface area contributed by atoms with Gasteiger partial charge in [-0.15, -0.1) is 0 Å². The molecule has 0 spiro atoms. The molecule has 1 aliphatic rings. The zero-order valence-corrected chi connectivity index (χ0v) is 19.5. The van der Waals surface area contributed by atoms with E-state index in [9.17, 15) is 4.79 Å². The maximum absolute atomic E-state index is 11.3. The molecule has 0 saturated carbocycles. The normalized spacial score (nSPS) is 15.3. The van der Waals surface area contributed by atoms with Crippen LogP contribution in [0.5, 0.6) is 17.2 Å². The van der Waals surface area contributed by atoms with E-state index in [2.05, 4.69) is 20.6 Å². The Labute approximate surface area is 206 Å². The Kier molecular flexibility index (Phi) is 6.69. The molecule has 4 N–H and O–H groups in total. The number of fused-ring (bicyclic) bond motifs is 1. The van der Waals surface area contributed by atoms with Crippen LogP contribution in [-0.2, 0) is 0 Å². The SMILES string of the molecule is NC(=O)c1cc(Oc2ccc3oc(Nc4ccc(Cl)c(OCCC5CCCN5)c4)nc3c2)ccn1. The van der Waals surface area contributed by atoms with E-state index in [1.54, 1.807) is 30.3 Å². The lowest BCUT2D eigenvalue weighted by atomic mass is 10.2. The van der Waals surface area contributed by atoms with Crippen molar-refractivity contribution in [1.29, 1.82) is 0 Å². The molecular weight excluding hydrogens is 470 g/mol. The number of nitrogens with zero attached hydrogens (tertiary/aromatic N) is 2. The molecule has 1 fully saturated rings. The van der Waals surface area contributed by atoms with Crippen molar-refractivity contribution in [2.45, 2.75) is 25.3 Å². The van der Waals surface area contributed by atoms with Crippen LogP contribution < -0.4 is 25.8 Å². The minimum absolute atomic E-state index is 0.123. The van der Waals surface area contributed by atoms with Crippen molar-refractivity contribution in [3.63, 3.8) is 0 Å². The largest absolute Gasteiger partial charge is 0.492 e. The average Bonchev–Trinajstić information content (AvgIpc) is 3.50. The van der Waals surface area contributed by atoms with Gasteiger partial charge in [-0.05, 0) is 56.1 Å². The van der Waals surface area contributed by atoms with Gasteiger partial charge in [0.1, 0.15) is 28.5 Å². The number of halogens is 1. The summed E-state index contributed by atoms with van der Waals surface area (Å²) in [5.74, 6) is 0.944. The van der Waals surface area contributed by atoms with Crippen molar-refractivity contribution < 1.29 is 18.7 Å². The topological polar surface area (TPSA) is 125 Å². The molecule has 1 unspecified atom stereocenters. The highest BCUT2D eigenvalue weighted by Crippen LogP contribution is 2.32. The van der Waals surface area contributed by atoms with E-state index in [0.717, 1.165) is 18.7 Å². The Hall–Kier alpha value is -3.82. The van der Waals surface area contributed by atoms with Crippen LogP contribution in [0.4, 0.5) is 11.7 Å². The molecule has 2 aromatic heterocycles. The Morgan fingerprint density at radius 1 is 1.20 bits per heavy atom. The average molecular weight is 494 g/mol. The first kappa shape index (κ1) is 22.9. The van der Waals surface area contributed by atoms with Crippen LogP contribution >= 0.6 is 11.6 Å². The smallest absolute Gasteiger partial charge is 0.300 e. The maximum atomic E-state index is 11.3. The second-order valence-corrected chi connectivity index (χ2v) is 8.60. The molecular formula is C25H24ClN5O4. The summed E-state index contributed by atoms with van der Waals surface area (Å²) < 4.78 is 17.6. The number of pyridine rings is 1. The molecule has 0 aliphatic carbocycles. The van der Waals surface area contributed by atoms with Crippen LogP contribution in [-0.4, -0.2) is 35.1 Å². The summed E-state index contributed by atoms with van der Waals surface area (Å²) in [7, 11) is 0. The fraction of sp³-hybridized carbons (Fsp3) is 0.240. The van der Waals surface area contributed by atoms with E-state index in [0.29, 0.717) is 52.0 Å². The lowest BCUT2D eigenvalue weighted by Crippen LogP contribution is -2.23. The van der Waals surface area contributed by atoms with Gasteiger partial charge in [0.05, 0.1) is 11.6 Å². The molecule has 5 rings (SSSR count). The van der Waals surface area contributed by atoms with Gasteiger partial charge in [0.15, 0.2) is 5.58 Å². The number of ether oxygens (including phenoxy) is 2. The highest BCUT2D eigenvalue weighted by molar-refractivity contribution is 6.32. The molecule has 1 aliphatic heterocycles. The van der Waals surface area contributed by atoms with Gasteiger partial charge in [0.25, 0.3) is 11.9 Å². The fourth-order valence-corrected chi connectivity index (χ4v) is 4.07. The molecule has 1 atom stereocenters. The first-order chi connectivity index (χ1) is 17.0. The van der Waals surface area contributed by atoms with Gasteiger partial charge in [-0.2, -0.15) is 4.98 Å². The Morgan fingerprint density at radius 3 is 2.91 bits per heavy atom.